The first-order valence-corrected chi connectivity index (χ1v) is 8.53. The Kier molecular flexibility index (Phi) is 7.18. The second-order valence-corrected chi connectivity index (χ2v) is 6.28. The average molecular weight is 381 g/mol. The zero-order chi connectivity index (χ0) is 19.9. The van der Waals surface area contributed by atoms with Crippen molar-refractivity contribution in [2.24, 2.45) is 0 Å². The first-order valence-electron chi connectivity index (χ1n) is 8.53. The maximum absolute atomic E-state index is 12.7. The molecule has 1 aromatic heterocycles. The van der Waals surface area contributed by atoms with E-state index in [4.69, 9.17) is 0 Å². The molecule has 0 saturated heterocycles. The fourth-order valence-corrected chi connectivity index (χ4v) is 2.64. The van der Waals surface area contributed by atoms with E-state index in [0.717, 1.165) is 23.7 Å². The molecule has 0 aliphatic carbocycles. The van der Waals surface area contributed by atoms with E-state index in [1.54, 1.807) is 0 Å². The van der Waals surface area contributed by atoms with Crippen molar-refractivity contribution in [2.75, 3.05) is 20.1 Å². The number of nitrogens with one attached hydrogen (secondary N) is 1. The SMILES string of the molecule is CN(CCCNC(=O)Cn1cccc(C(F)(F)F)c1=O)Cc1ccccc1. The highest BCUT2D eigenvalue weighted by molar-refractivity contribution is 5.75. The Morgan fingerprint density at radius 3 is 2.52 bits per heavy atom. The van der Waals surface area contributed by atoms with E-state index in [-0.39, 0.29) is 0 Å². The summed E-state index contributed by atoms with van der Waals surface area (Å²) >= 11 is 0. The molecule has 27 heavy (non-hydrogen) atoms. The van der Waals surface area contributed by atoms with Crippen LogP contribution < -0.4 is 10.9 Å². The molecule has 0 unspecified atom stereocenters. The number of carbonyl (C=O) groups excluding carboxylic acids is 1. The Bertz CT molecular complexity index is 804. The van der Waals surface area contributed by atoms with E-state index >= 15 is 0 Å². The summed E-state index contributed by atoms with van der Waals surface area (Å²) in [6, 6.07) is 11.8. The molecule has 8 heteroatoms. The Hall–Kier alpha value is -2.61. The zero-order valence-electron chi connectivity index (χ0n) is 15.0. The van der Waals surface area contributed by atoms with Crippen LogP contribution in [0.3, 0.4) is 0 Å². The lowest BCUT2D eigenvalue weighted by Gasteiger charge is -2.17. The first kappa shape index (κ1) is 20.7. The van der Waals surface area contributed by atoms with Crippen LogP contribution in [0.4, 0.5) is 13.2 Å². The van der Waals surface area contributed by atoms with Gasteiger partial charge in [-0.3, -0.25) is 9.59 Å². The van der Waals surface area contributed by atoms with Crippen molar-refractivity contribution in [2.45, 2.75) is 25.7 Å². The van der Waals surface area contributed by atoms with Crippen LogP contribution in [0.5, 0.6) is 0 Å². The van der Waals surface area contributed by atoms with Gasteiger partial charge in [0.15, 0.2) is 0 Å². The number of halogens is 3. The van der Waals surface area contributed by atoms with E-state index in [1.165, 1.54) is 11.8 Å². The number of hydrogen-bond acceptors (Lipinski definition) is 3. The van der Waals surface area contributed by atoms with Crippen LogP contribution in [0.1, 0.15) is 17.5 Å². The van der Waals surface area contributed by atoms with Gasteiger partial charge in [-0.05, 0) is 37.7 Å². The zero-order valence-corrected chi connectivity index (χ0v) is 15.0. The second kappa shape index (κ2) is 9.36. The maximum Gasteiger partial charge on any atom is 0.421 e. The highest BCUT2D eigenvalue weighted by Gasteiger charge is 2.34. The number of amides is 1. The highest BCUT2D eigenvalue weighted by Crippen LogP contribution is 2.25. The molecule has 0 aliphatic rings. The summed E-state index contributed by atoms with van der Waals surface area (Å²) in [5.41, 5.74) is -1.31. The lowest BCUT2D eigenvalue weighted by molar-refractivity contribution is -0.139. The summed E-state index contributed by atoms with van der Waals surface area (Å²) in [5, 5.41) is 2.63. The molecule has 0 aliphatic heterocycles. The molecule has 0 saturated carbocycles. The van der Waals surface area contributed by atoms with Crippen LogP contribution >= 0.6 is 0 Å². The van der Waals surface area contributed by atoms with Crippen LogP contribution in [-0.2, 0) is 24.1 Å². The topological polar surface area (TPSA) is 54.3 Å². The third-order valence-electron chi connectivity index (χ3n) is 3.97. The van der Waals surface area contributed by atoms with Gasteiger partial charge in [0.2, 0.25) is 5.91 Å². The molecule has 0 spiro atoms. The number of aromatic nitrogens is 1. The van der Waals surface area contributed by atoms with E-state index < -0.39 is 29.8 Å². The molecule has 0 radical (unpaired) electrons. The largest absolute Gasteiger partial charge is 0.421 e. The summed E-state index contributed by atoms with van der Waals surface area (Å²) in [7, 11) is 1.97. The number of rotatable bonds is 8. The summed E-state index contributed by atoms with van der Waals surface area (Å²) in [5.74, 6) is -0.498. The van der Waals surface area contributed by atoms with Gasteiger partial charge in [-0.25, -0.2) is 0 Å². The van der Waals surface area contributed by atoms with Gasteiger partial charge in [-0.1, -0.05) is 30.3 Å². The molecule has 5 nitrogen and oxygen atoms in total. The van der Waals surface area contributed by atoms with E-state index in [2.05, 4.69) is 10.2 Å². The predicted molar refractivity (Wildman–Crippen MR) is 96.1 cm³/mol. The van der Waals surface area contributed by atoms with Crippen molar-refractivity contribution in [1.82, 2.24) is 14.8 Å². The third kappa shape index (κ3) is 6.56. The molecule has 0 atom stereocenters. The van der Waals surface area contributed by atoms with Gasteiger partial charge < -0.3 is 14.8 Å². The van der Waals surface area contributed by atoms with Crippen LogP contribution in [-0.4, -0.2) is 35.5 Å². The smallest absolute Gasteiger partial charge is 0.355 e. The molecule has 2 rings (SSSR count). The fraction of sp³-hybridized carbons (Fsp3) is 0.368. The van der Waals surface area contributed by atoms with Crippen LogP contribution in [0.2, 0.25) is 0 Å². The van der Waals surface area contributed by atoms with Gasteiger partial charge in [-0.2, -0.15) is 13.2 Å². The monoisotopic (exact) mass is 381 g/mol. The minimum atomic E-state index is -4.74. The van der Waals surface area contributed by atoms with Crippen molar-refractivity contribution in [3.63, 3.8) is 0 Å². The Balaban J connectivity index is 1.76. The van der Waals surface area contributed by atoms with Gasteiger partial charge in [0.1, 0.15) is 12.1 Å². The number of alkyl halides is 3. The average Bonchev–Trinajstić information content (AvgIpc) is 2.60. The van der Waals surface area contributed by atoms with Crippen molar-refractivity contribution in [3.8, 4) is 0 Å². The fourth-order valence-electron chi connectivity index (χ4n) is 2.64. The van der Waals surface area contributed by atoms with E-state index in [1.807, 2.05) is 37.4 Å². The molecule has 1 heterocycles. The molecule has 0 fully saturated rings. The van der Waals surface area contributed by atoms with Crippen molar-refractivity contribution >= 4 is 5.91 Å². The van der Waals surface area contributed by atoms with Crippen LogP contribution in [0, 0.1) is 0 Å². The normalized spacial score (nSPS) is 11.6. The van der Waals surface area contributed by atoms with Gasteiger partial charge in [0.25, 0.3) is 5.56 Å². The van der Waals surface area contributed by atoms with Gasteiger partial charge in [0.05, 0.1) is 0 Å². The second-order valence-electron chi connectivity index (χ2n) is 6.28. The van der Waals surface area contributed by atoms with Crippen LogP contribution in [0.25, 0.3) is 0 Å². The van der Waals surface area contributed by atoms with Crippen LogP contribution in [0.15, 0.2) is 53.5 Å². The molecule has 0 bridgehead atoms. The lowest BCUT2D eigenvalue weighted by atomic mass is 10.2. The van der Waals surface area contributed by atoms with E-state index in [0.29, 0.717) is 19.0 Å². The highest BCUT2D eigenvalue weighted by atomic mass is 19.4. The number of carbonyl (C=O) groups is 1. The Morgan fingerprint density at radius 2 is 1.85 bits per heavy atom. The number of benzene rings is 1. The molecular formula is C19H22F3N3O2. The third-order valence-corrected chi connectivity index (χ3v) is 3.97. The quantitative estimate of drug-likeness (QED) is 0.715. The van der Waals surface area contributed by atoms with Gasteiger partial charge in [-0.15, -0.1) is 0 Å². The summed E-state index contributed by atoms with van der Waals surface area (Å²) in [4.78, 5) is 25.8. The van der Waals surface area contributed by atoms with Crippen molar-refractivity contribution in [3.05, 3.63) is 70.1 Å². The Morgan fingerprint density at radius 1 is 1.15 bits per heavy atom. The molecule has 1 N–H and O–H groups in total. The number of nitrogens with zero attached hydrogens (tertiary/aromatic N) is 2. The molecule has 2 aromatic rings. The lowest BCUT2D eigenvalue weighted by Crippen LogP contribution is -2.35. The summed E-state index contributed by atoms with van der Waals surface area (Å²) < 4.78 is 38.9. The predicted octanol–water partition coefficient (Wildman–Crippen LogP) is 2.51. The van der Waals surface area contributed by atoms with Gasteiger partial charge in [0, 0.05) is 19.3 Å². The summed E-state index contributed by atoms with van der Waals surface area (Å²) in [6.07, 6.45) is -2.88. The van der Waals surface area contributed by atoms with Gasteiger partial charge >= 0.3 is 6.18 Å². The standard InChI is InChI=1S/C19H22F3N3O2/c1-24(13-15-7-3-2-4-8-15)11-6-10-23-17(26)14-25-12-5-9-16(18(25)27)19(20,21)22/h2-5,7-9,12H,6,10-11,13-14H2,1H3,(H,23,26). The molecular weight excluding hydrogens is 359 g/mol. The number of pyridine rings is 1. The summed E-state index contributed by atoms with van der Waals surface area (Å²) in [6.45, 7) is 1.47. The van der Waals surface area contributed by atoms with Crippen molar-refractivity contribution < 1.29 is 18.0 Å². The molecule has 146 valence electrons. The van der Waals surface area contributed by atoms with E-state index in [9.17, 15) is 22.8 Å². The molecule has 1 amide bonds. The molecule has 1 aromatic carbocycles. The maximum atomic E-state index is 12.7. The minimum Gasteiger partial charge on any atom is -0.355 e. The first-order chi connectivity index (χ1) is 12.8. The number of hydrogen-bond donors (Lipinski definition) is 1. The Labute approximate surface area is 155 Å². The van der Waals surface area contributed by atoms with Crippen molar-refractivity contribution in [1.29, 1.82) is 0 Å². The minimum absolute atomic E-state index is 0.381.